The van der Waals surface area contributed by atoms with E-state index >= 15 is 0 Å². The molecule has 1 aliphatic carbocycles. The molecule has 1 saturated carbocycles. The van der Waals surface area contributed by atoms with Crippen LogP contribution < -0.4 is 4.74 Å². The maximum Gasteiger partial charge on any atom is 0.330 e. The lowest BCUT2D eigenvalue weighted by Gasteiger charge is -2.43. The number of benzene rings is 2. The maximum absolute atomic E-state index is 14.5. The zero-order valence-electron chi connectivity index (χ0n) is 21.2. The first-order valence-electron chi connectivity index (χ1n) is 12.2. The molecule has 194 valence electrons. The third-order valence-corrected chi connectivity index (χ3v) is 7.36. The molecule has 1 aliphatic rings. The van der Waals surface area contributed by atoms with Gasteiger partial charge in [0.1, 0.15) is 11.9 Å². The van der Waals surface area contributed by atoms with E-state index in [1.54, 1.807) is 12.1 Å². The molecule has 2 aromatic carbocycles. The monoisotopic (exact) mass is 517 g/mol. The number of carbonyl (C=O) groups excluding carboxylic acids is 1. The highest BCUT2D eigenvalue weighted by Gasteiger charge is 2.42. The molecule has 0 aliphatic heterocycles. The molecule has 1 fully saturated rings. The van der Waals surface area contributed by atoms with Gasteiger partial charge in [-0.3, -0.25) is 0 Å². The molecular weight excluding hydrogens is 484 g/mol. The molecular formula is C29H34ClF2NO3. The van der Waals surface area contributed by atoms with E-state index in [1.807, 2.05) is 18.2 Å². The molecule has 3 atom stereocenters. The Bertz CT molecular complexity index is 1070. The van der Waals surface area contributed by atoms with Crippen molar-refractivity contribution in [1.29, 1.82) is 0 Å². The van der Waals surface area contributed by atoms with Gasteiger partial charge in [-0.1, -0.05) is 75.2 Å². The molecule has 4 nitrogen and oxygen atoms in total. The van der Waals surface area contributed by atoms with E-state index in [2.05, 4.69) is 37.9 Å². The second kappa shape index (κ2) is 12.0. The Morgan fingerprint density at radius 2 is 1.78 bits per heavy atom. The number of halogens is 3. The normalized spacial score (nSPS) is 21.4. The second-order valence-electron chi connectivity index (χ2n) is 10.00. The quantitative estimate of drug-likeness (QED) is 0.193. The lowest BCUT2D eigenvalue weighted by molar-refractivity contribution is -0.150. The van der Waals surface area contributed by atoms with Crippen molar-refractivity contribution in [2.75, 3.05) is 7.11 Å². The van der Waals surface area contributed by atoms with E-state index < -0.39 is 23.5 Å². The van der Waals surface area contributed by atoms with Gasteiger partial charge in [0.25, 0.3) is 0 Å². The summed E-state index contributed by atoms with van der Waals surface area (Å²) in [6.07, 6.45) is 3.85. The van der Waals surface area contributed by atoms with E-state index in [0.29, 0.717) is 11.7 Å². The number of aliphatic imine (C=N–C) groups is 1. The molecule has 7 heteroatoms. The van der Waals surface area contributed by atoms with Gasteiger partial charge in [-0.25, -0.2) is 9.79 Å². The smallest absolute Gasteiger partial charge is 0.330 e. The Morgan fingerprint density at radius 1 is 1.11 bits per heavy atom. The highest BCUT2D eigenvalue weighted by atomic mass is 35.5. The van der Waals surface area contributed by atoms with Crippen molar-refractivity contribution in [2.45, 2.75) is 63.9 Å². The van der Waals surface area contributed by atoms with Crippen LogP contribution in [0.25, 0.3) is 0 Å². The number of ether oxygens (including phenoxy) is 2. The number of esters is 1. The van der Waals surface area contributed by atoms with Crippen molar-refractivity contribution in [1.82, 2.24) is 0 Å². The Hall–Kier alpha value is -2.73. The van der Waals surface area contributed by atoms with Gasteiger partial charge in [0.15, 0.2) is 5.17 Å². The highest BCUT2D eigenvalue weighted by molar-refractivity contribution is 6.67. The van der Waals surface area contributed by atoms with Crippen LogP contribution in [0.15, 0.2) is 71.7 Å². The Labute approximate surface area is 217 Å². The van der Waals surface area contributed by atoms with Gasteiger partial charge in [-0.15, -0.1) is 0 Å². The average molecular weight is 518 g/mol. The number of nitrogens with zero attached hydrogens (tertiary/aromatic N) is 1. The molecule has 2 aromatic rings. The van der Waals surface area contributed by atoms with E-state index in [0.717, 1.165) is 31.4 Å². The van der Waals surface area contributed by atoms with E-state index in [-0.39, 0.29) is 23.1 Å². The Morgan fingerprint density at radius 3 is 2.42 bits per heavy atom. The first kappa shape index (κ1) is 27.9. The summed E-state index contributed by atoms with van der Waals surface area (Å²) < 4.78 is 39.9. The van der Waals surface area contributed by atoms with Gasteiger partial charge >= 0.3 is 11.9 Å². The third-order valence-electron chi connectivity index (χ3n) is 7.00. The number of hydrogen-bond acceptors (Lipinski definition) is 4. The van der Waals surface area contributed by atoms with Crippen LogP contribution in [0.2, 0.25) is 0 Å². The number of methoxy groups -OCH3 is 1. The van der Waals surface area contributed by atoms with Crippen LogP contribution in [0.4, 0.5) is 14.5 Å². The van der Waals surface area contributed by atoms with Gasteiger partial charge in [-0.05, 0) is 54.0 Å². The minimum absolute atomic E-state index is 0.126. The van der Waals surface area contributed by atoms with Gasteiger partial charge in [0, 0.05) is 18.4 Å². The van der Waals surface area contributed by atoms with Gasteiger partial charge < -0.3 is 9.47 Å². The summed E-state index contributed by atoms with van der Waals surface area (Å²) >= 11 is 5.81. The van der Waals surface area contributed by atoms with Gasteiger partial charge in [0.2, 0.25) is 0 Å². The van der Waals surface area contributed by atoms with Crippen molar-refractivity contribution >= 4 is 28.4 Å². The molecule has 0 spiro atoms. The molecule has 0 radical (unpaired) electrons. The zero-order chi connectivity index (χ0) is 26.3. The molecule has 0 amide bonds. The maximum atomic E-state index is 14.5. The molecule has 0 saturated heterocycles. The lowest BCUT2D eigenvalue weighted by Crippen LogP contribution is -2.43. The largest absolute Gasteiger partial charge is 0.497 e. The fourth-order valence-electron chi connectivity index (χ4n) is 4.79. The number of allylic oxidation sites excluding steroid dienone is 1. The van der Waals surface area contributed by atoms with Crippen molar-refractivity contribution in [3.8, 4) is 5.75 Å². The van der Waals surface area contributed by atoms with Crippen LogP contribution in [0, 0.1) is 11.8 Å². The van der Waals surface area contributed by atoms with Crippen molar-refractivity contribution in [2.24, 2.45) is 16.8 Å². The van der Waals surface area contributed by atoms with Crippen molar-refractivity contribution in [3.63, 3.8) is 0 Å². The molecule has 0 N–H and O–H groups in total. The minimum Gasteiger partial charge on any atom is -0.497 e. The topological polar surface area (TPSA) is 47.9 Å². The van der Waals surface area contributed by atoms with Gasteiger partial charge in [-0.2, -0.15) is 8.78 Å². The SMILES string of the molecule is COc1ccc(N=C(Cl)C(F)(F)C/C=C/C(=O)O[C@@H]2C[C@H](C)CC[C@H]2C(C)(C)c2ccccc2)cc1. The third kappa shape index (κ3) is 7.16. The van der Waals surface area contributed by atoms with Crippen LogP contribution in [0.3, 0.4) is 0 Å². The summed E-state index contributed by atoms with van der Waals surface area (Å²) in [5.74, 6) is -2.91. The zero-order valence-corrected chi connectivity index (χ0v) is 22.0. The van der Waals surface area contributed by atoms with Crippen LogP contribution in [-0.2, 0) is 14.9 Å². The van der Waals surface area contributed by atoms with E-state index in [4.69, 9.17) is 21.1 Å². The van der Waals surface area contributed by atoms with E-state index in [9.17, 15) is 13.6 Å². The molecule has 0 bridgehead atoms. The molecule has 0 unspecified atom stereocenters. The fraction of sp³-hybridized carbons (Fsp3) is 0.448. The van der Waals surface area contributed by atoms with Gasteiger partial charge in [0.05, 0.1) is 12.8 Å². The van der Waals surface area contributed by atoms with Crippen LogP contribution >= 0.6 is 11.6 Å². The lowest BCUT2D eigenvalue weighted by atomic mass is 9.64. The molecule has 3 rings (SSSR count). The summed E-state index contributed by atoms with van der Waals surface area (Å²) in [6.45, 7) is 6.49. The number of carbonyl (C=O) groups is 1. The Balaban J connectivity index is 1.64. The van der Waals surface area contributed by atoms with Crippen LogP contribution in [0.5, 0.6) is 5.75 Å². The number of alkyl halides is 2. The minimum atomic E-state index is -3.42. The summed E-state index contributed by atoms with van der Waals surface area (Å²) in [5.41, 5.74) is 1.27. The molecule has 36 heavy (non-hydrogen) atoms. The Kier molecular flexibility index (Phi) is 9.29. The summed E-state index contributed by atoms with van der Waals surface area (Å²) in [4.78, 5) is 16.4. The highest BCUT2D eigenvalue weighted by Crippen LogP contribution is 2.43. The standard InChI is InChI=1S/C29H34ClF2NO3/c1-20-12-17-24(28(2,3)21-9-6-5-7-10-21)25(19-20)36-26(34)11-8-18-29(31,32)27(30)33-22-13-15-23(35-4)16-14-22/h5-11,13-16,20,24-25H,12,17-19H2,1-4H3/b11-8+,33-27?/t20-,24-,25-/m1/s1. The first-order chi connectivity index (χ1) is 17.0. The molecule has 0 heterocycles. The van der Waals surface area contributed by atoms with Crippen LogP contribution in [0.1, 0.15) is 52.0 Å². The molecule has 0 aromatic heterocycles. The van der Waals surface area contributed by atoms with Crippen LogP contribution in [-0.4, -0.2) is 30.3 Å². The second-order valence-corrected chi connectivity index (χ2v) is 10.4. The predicted octanol–water partition coefficient (Wildman–Crippen LogP) is 7.87. The first-order valence-corrected chi connectivity index (χ1v) is 12.6. The predicted molar refractivity (Wildman–Crippen MR) is 140 cm³/mol. The number of rotatable bonds is 9. The average Bonchev–Trinajstić information content (AvgIpc) is 2.84. The van der Waals surface area contributed by atoms with Crippen molar-refractivity contribution in [3.05, 3.63) is 72.3 Å². The summed E-state index contributed by atoms with van der Waals surface area (Å²) in [6, 6.07) is 16.5. The van der Waals surface area contributed by atoms with Crippen molar-refractivity contribution < 1.29 is 23.0 Å². The number of hydrogen-bond donors (Lipinski definition) is 0. The van der Waals surface area contributed by atoms with E-state index in [1.165, 1.54) is 24.8 Å². The summed E-state index contributed by atoms with van der Waals surface area (Å²) in [7, 11) is 1.51. The summed E-state index contributed by atoms with van der Waals surface area (Å²) in [5, 5.41) is -0.850. The fourth-order valence-corrected chi connectivity index (χ4v) is 4.97.